The highest BCUT2D eigenvalue weighted by Crippen LogP contribution is 2.22. The molecular weight excluding hydrogens is 569 g/mol. The van der Waals surface area contributed by atoms with Crippen molar-refractivity contribution in [1.29, 1.82) is 0 Å². The molecule has 0 unspecified atom stereocenters. The molecule has 0 bridgehead atoms. The van der Waals surface area contributed by atoms with E-state index in [1.54, 1.807) is 51.1 Å². The molecule has 10 nitrogen and oxygen atoms in total. The third-order valence-corrected chi connectivity index (χ3v) is 6.35. The Balaban J connectivity index is 1.96. The van der Waals surface area contributed by atoms with Crippen molar-refractivity contribution in [3.8, 4) is 11.4 Å². The van der Waals surface area contributed by atoms with E-state index >= 15 is 4.39 Å². The van der Waals surface area contributed by atoms with Gasteiger partial charge in [-0.1, -0.05) is 42.5 Å². The summed E-state index contributed by atoms with van der Waals surface area (Å²) < 4.78 is 56.3. The fourth-order valence-electron chi connectivity index (χ4n) is 4.35. The Labute approximate surface area is 243 Å². The Hall–Kier alpha value is -5.07. The van der Waals surface area contributed by atoms with Crippen molar-refractivity contribution in [2.24, 2.45) is 0 Å². The SMILES string of the molecule is COc1cccc(-n2c(=O)n(Cc3c(F)cccc3F)c(=O)n(C[C@@H](NC(=O)OC(C)(C)C)c3ccccc3)c2=O)c1F. The number of amides is 1. The summed E-state index contributed by atoms with van der Waals surface area (Å²) in [5.41, 5.74) is -5.48. The first-order valence-corrected chi connectivity index (χ1v) is 13.1. The number of nitrogens with one attached hydrogen (secondary N) is 1. The zero-order valence-corrected chi connectivity index (χ0v) is 23.8. The van der Waals surface area contributed by atoms with Crippen LogP contribution in [0.25, 0.3) is 5.69 Å². The molecule has 43 heavy (non-hydrogen) atoms. The van der Waals surface area contributed by atoms with Gasteiger partial charge in [0.05, 0.1) is 31.9 Å². The average molecular weight is 599 g/mol. The van der Waals surface area contributed by atoms with Gasteiger partial charge in [0, 0.05) is 5.56 Å². The van der Waals surface area contributed by atoms with Crippen LogP contribution in [0.1, 0.15) is 37.9 Å². The van der Waals surface area contributed by atoms with Gasteiger partial charge < -0.3 is 14.8 Å². The Morgan fingerprint density at radius 1 is 0.837 bits per heavy atom. The Morgan fingerprint density at radius 2 is 1.44 bits per heavy atom. The number of hydrogen-bond acceptors (Lipinski definition) is 6. The maximum absolute atomic E-state index is 15.4. The number of alkyl carbamates (subject to hydrolysis) is 1. The molecule has 0 spiro atoms. The van der Waals surface area contributed by atoms with E-state index in [9.17, 15) is 28.0 Å². The lowest BCUT2D eigenvalue weighted by Crippen LogP contribution is -2.55. The quantitative estimate of drug-likeness (QED) is 0.329. The van der Waals surface area contributed by atoms with Gasteiger partial charge in [0.25, 0.3) is 0 Å². The van der Waals surface area contributed by atoms with E-state index in [1.165, 1.54) is 19.2 Å². The molecule has 0 aliphatic rings. The number of hydrogen-bond donors (Lipinski definition) is 1. The maximum Gasteiger partial charge on any atom is 0.408 e. The van der Waals surface area contributed by atoms with Crippen LogP contribution in [-0.2, 0) is 17.8 Å². The first-order chi connectivity index (χ1) is 20.3. The second kappa shape index (κ2) is 12.4. The van der Waals surface area contributed by atoms with Gasteiger partial charge in [-0.3, -0.25) is 0 Å². The highest BCUT2D eigenvalue weighted by atomic mass is 19.1. The Kier molecular flexibility index (Phi) is 8.93. The molecule has 3 aromatic carbocycles. The number of rotatable bonds is 8. The first-order valence-electron chi connectivity index (χ1n) is 13.1. The minimum atomic E-state index is -1.35. The van der Waals surface area contributed by atoms with E-state index in [-0.39, 0.29) is 5.75 Å². The Bertz CT molecular complexity index is 1810. The predicted molar refractivity (Wildman–Crippen MR) is 151 cm³/mol. The lowest BCUT2D eigenvalue weighted by molar-refractivity contribution is 0.0497. The first kappa shape index (κ1) is 30.9. The van der Waals surface area contributed by atoms with Gasteiger partial charge in [-0.25, -0.2) is 46.1 Å². The normalized spacial score (nSPS) is 12.1. The molecule has 1 aromatic heterocycles. The molecule has 4 aromatic rings. The van der Waals surface area contributed by atoms with Crippen LogP contribution >= 0.6 is 0 Å². The number of carbonyl (C=O) groups excluding carboxylic acids is 1. The number of benzene rings is 3. The molecule has 1 amide bonds. The number of halogens is 3. The van der Waals surface area contributed by atoms with Crippen LogP contribution in [0.15, 0.2) is 81.1 Å². The van der Waals surface area contributed by atoms with Gasteiger partial charge in [0.2, 0.25) is 0 Å². The molecule has 0 saturated heterocycles. The van der Waals surface area contributed by atoms with E-state index in [4.69, 9.17) is 9.47 Å². The minimum absolute atomic E-state index is 0.304. The van der Waals surface area contributed by atoms with Crippen molar-refractivity contribution in [3.05, 3.63) is 127 Å². The van der Waals surface area contributed by atoms with Crippen molar-refractivity contribution >= 4 is 6.09 Å². The van der Waals surface area contributed by atoms with Gasteiger partial charge in [0.15, 0.2) is 11.6 Å². The third kappa shape index (κ3) is 6.71. The molecule has 0 fully saturated rings. The summed E-state index contributed by atoms with van der Waals surface area (Å²) in [6.45, 7) is 3.46. The summed E-state index contributed by atoms with van der Waals surface area (Å²) in [5, 5.41) is 2.61. The highest BCUT2D eigenvalue weighted by molar-refractivity contribution is 5.68. The van der Waals surface area contributed by atoms with E-state index < -0.39 is 76.6 Å². The van der Waals surface area contributed by atoms with Crippen molar-refractivity contribution < 1.29 is 27.4 Å². The zero-order chi connectivity index (χ0) is 31.5. The topological polar surface area (TPSA) is 114 Å². The van der Waals surface area contributed by atoms with E-state index in [1.807, 2.05) is 0 Å². The maximum atomic E-state index is 15.4. The van der Waals surface area contributed by atoms with Crippen molar-refractivity contribution in [2.45, 2.75) is 45.5 Å². The van der Waals surface area contributed by atoms with Gasteiger partial charge in [0.1, 0.15) is 17.2 Å². The molecule has 4 rings (SSSR count). The van der Waals surface area contributed by atoms with Crippen LogP contribution in [0.3, 0.4) is 0 Å². The summed E-state index contributed by atoms with van der Waals surface area (Å²) in [6.07, 6.45) is -0.865. The number of aromatic nitrogens is 3. The van der Waals surface area contributed by atoms with Gasteiger partial charge in [-0.05, 0) is 50.6 Å². The summed E-state index contributed by atoms with van der Waals surface area (Å²) >= 11 is 0. The second-order valence-electron chi connectivity index (χ2n) is 10.5. The van der Waals surface area contributed by atoms with Crippen LogP contribution in [0.5, 0.6) is 5.75 Å². The smallest absolute Gasteiger partial charge is 0.408 e. The van der Waals surface area contributed by atoms with Gasteiger partial charge in [-0.15, -0.1) is 0 Å². The van der Waals surface area contributed by atoms with Crippen molar-refractivity contribution in [2.75, 3.05) is 7.11 Å². The molecule has 0 saturated carbocycles. The summed E-state index contributed by atoms with van der Waals surface area (Å²) in [6, 6.07) is 13.9. The highest BCUT2D eigenvalue weighted by Gasteiger charge is 2.26. The van der Waals surface area contributed by atoms with Crippen molar-refractivity contribution in [1.82, 2.24) is 19.0 Å². The molecule has 1 N–H and O–H groups in total. The number of carbonyl (C=O) groups is 1. The fourth-order valence-corrected chi connectivity index (χ4v) is 4.35. The minimum Gasteiger partial charge on any atom is -0.494 e. The standard InChI is InChI=1S/C30H29F3N4O6/c1-30(2,3)43-26(38)34-22(18-10-6-5-7-11-18)17-36-27(39)35(16-19-20(31)12-8-13-21(19)32)28(40)37(29(36)41)23-14-9-15-24(42-4)25(23)33/h5-15,22H,16-17H2,1-4H3,(H,34,38)/t22-/m1/s1. The molecular formula is C30H29F3N4O6. The summed E-state index contributed by atoms with van der Waals surface area (Å²) in [5.74, 6) is -3.49. The van der Waals surface area contributed by atoms with E-state index in [0.717, 1.165) is 24.3 Å². The lowest BCUT2D eigenvalue weighted by atomic mass is 10.1. The number of methoxy groups -OCH3 is 1. The second-order valence-corrected chi connectivity index (χ2v) is 10.5. The molecule has 1 atom stereocenters. The number of nitrogens with zero attached hydrogens (tertiary/aromatic N) is 3. The lowest BCUT2D eigenvalue weighted by Gasteiger charge is -2.25. The molecule has 0 radical (unpaired) electrons. The van der Waals surface area contributed by atoms with Gasteiger partial charge in [-0.2, -0.15) is 0 Å². The molecule has 0 aliphatic carbocycles. The Morgan fingerprint density at radius 3 is 2.05 bits per heavy atom. The zero-order valence-electron chi connectivity index (χ0n) is 23.8. The molecule has 226 valence electrons. The van der Waals surface area contributed by atoms with Crippen LogP contribution in [-0.4, -0.2) is 32.5 Å². The summed E-state index contributed by atoms with van der Waals surface area (Å²) in [7, 11) is 1.18. The van der Waals surface area contributed by atoms with Crippen LogP contribution in [0.4, 0.5) is 18.0 Å². The van der Waals surface area contributed by atoms with Crippen LogP contribution < -0.4 is 27.1 Å². The van der Waals surface area contributed by atoms with Crippen LogP contribution in [0, 0.1) is 17.5 Å². The third-order valence-electron chi connectivity index (χ3n) is 6.35. The molecule has 1 heterocycles. The van der Waals surface area contributed by atoms with E-state index in [0.29, 0.717) is 19.3 Å². The fraction of sp³-hybridized carbons (Fsp3) is 0.267. The summed E-state index contributed by atoms with van der Waals surface area (Å²) in [4.78, 5) is 53.9. The van der Waals surface area contributed by atoms with E-state index in [2.05, 4.69) is 5.32 Å². The molecule has 13 heteroatoms. The largest absolute Gasteiger partial charge is 0.494 e. The predicted octanol–water partition coefficient (Wildman–Crippen LogP) is 3.90. The average Bonchev–Trinajstić information content (AvgIpc) is 2.94. The van der Waals surface area contributed by atoms with Crippen molar-refractivity contribution in [3.63, 3.8) is 0 Å². The molecule has 0 aliphatic heterocycles. The van der Waals surface area contributed by atoms with Crippen LogP contribution in [0.2, 0.25) is 0 Å². The number of ether oxygens (including phenoxy) is 2. The monoisotopic (exact) mass is 598 g/mol. The van der Waals surface area contributed by atoms with Gasteiger partial charge >= 0.3 is 23.2 Å².